The number of carbonyl (C=O) groups is 1. The summed E-state index contributed by atoms with van der Waals surface area (Å²) in [7, 11) is -2.19. The Hall–Kier alpha value is -2.42. The number of benzene rings is 1. The van der Waals surface area contributed by atoms with E-state index in [0.29, 0.717) is 11.3 Å². The predicted molar refractivity (Wildman–Crippen MR) is 83.4 cm³/mol. The number of carbonyl (C=O) groups excluding carboxylic acids is 1. The lowest BCUT2D eigenvalue weighted by Crippen LogP contribution is -2.27. The summed E-state index contributed by atoms with van der Waals surface area (Å²) in [5.74, 6) is -0.0224. The topological polar surface area (TPSA) is 97.2 Å². The van der Waals surface area contributed by atoms with Crippen molar-refractivity contribution in [2.75, 3.05) is 17.8 Å². The zero-order valence-electron chi connectivity index (χ0n) is 12.6. The van der Waals surface area contributed by atoms with E-state index < -0.39 is 10.0 Å². The molecule has 23 heavy (non-hydrogen) atoms. The number of likely N-dealkylation sites (tertiary alicyclic amines) is 1. The fourth-order valence-electron chi connectivity index (χ4n) is 2.44. The fourth-order valence-corrected chi connectivity index (χ4v) is 3.43. The molecule has 0 unspecified atom stereocenters. The van der Waals surface area contributed by atoms with Gasteiger partial charge in [0, 0.05) is 31.4 Å². The molecule has 1 fully saturated rings. The van der Waals surface area contributed by atoms with Gasteiger partial charge in [0.1, 0.15) is 0 Å². The Labute approximate surface area is 134 Å². The molecule has 0 saturated carbocycles. The van der Waals surface area contributed by atoms with Crippen LogP contribution in [0.2, 0.25) is 0 Å². The van der Waals surface area contributed by atoms with Crippen molar-refractivity contribution in [1.82, 2.24) is 19.9 Å². The van der Waals surface area contributed by atoms with Gasteiger partial charge < -0.3 is 4.90 Å². The molecule has 1 aromatic heterocycles. The van der Waals surface area contributed by atoms with Gasteiger partial charge in [-0.1, -0.05) is 5.21 Å². The Morgan fingerprint density at radius 2 is 1.83 bits per heavy atom. The van der Waals surface area contributed by atoms with Crippen molar-refractivity contribution in [3.63, 3.8) is 0 Å². The maximum absolute atomic E-state index is 12.2. The molecule has 2 aromatic rings. The van der Waals surface area contributed by atoms with Crippen molar-refractivity contribution in [2.45, 2.75) is 17.9 Å². The van der Waals surface area contributed by atoms with Gasteiger partial charge in [0.25, 0.3) is 15.9 Å². The van der Waals surface area contributed by atoms with Crippen LogP contribution in [0.5, 0.6) is 0 Å². The van der Waals surface area contributed by atoms with Crippen LogP contribution in [0.25, 0.3) is 0 Å². The van der Waals surface area contributed by atoms with Crippen LogP contribution in [0.3, 0.4) is 0 Å². The molecule has 0 radical (unpaired) electrons. The summed E-state index contributed by atoms with van der Waals surface area (Å²) in [5, 5.41) is 7.03. The minimum atomic E-state index is -3.78. The zero-order chi connectivity index (χ0) is 16.4. The van der Waals surface area contributed by atoms with Crippen LogP contribution in [-0.4, -0.2) is 47.3 Å². The van der Waals surface area contributed by atoms with Crippen molar-refractivity contribution in [3.05, 3.63) is 36.0 Å². The highest BCUT2D eigenvalue weighted by atomic mass is 32.2. The van der Waals surface area contributed by atoms with Gasteiger partial charge >= 0.3 is 0 Å². The lowest BCUT2D eigenvalue weighted by molar-refractivity contribution is 0.0793. The average molecular weight is 335 g/mol. The van der Waals surface area contributed by atoms with Gasteiger partial charge in [-0.2, -0.15) is 8.42 Å². The number of aryl methyl sites for hydroxylation is 1. The number of anilines is 1. The Kier molecular flexibility index (Phi) is 4.03. The summed E-state index contributed by atoms with van der Waals surface area (Å²) < 4.78 is 28.0. The van der Waals surface area contributed by atoms with Gasteiger partial charge in [0.05, 0.1) is 6.20 Å². The first kappa shape index (κ1) is 15.5. The molecule has 1 aromatic carbocycles. The standard InChI is InChI=1S/C14H17N5O3S/c1-18-10-13(15-17-18)23(21,22)16-12-6-4-11(5-7-12)14(20)19-8-2-3-9-19/h4-7,10,16H,2-3,8-9H2,1H3. The van der Waals surface area contributed by atoms with Crippen LogP contribution < -0.4 is 4.72 Å². The number of nitrogens with zero attached hydrogens (tertiary/aromatic N) is 4. The Bertz CT molecular complexity index is 807. The third-order valence-electron chi connectivity index (χ3n) is 3.63. The summed E-state index contributed by atoms with van der Waals surface area (Å²) >= 11 is 0. The lowest BCUT2D eigenvalue weighted by atomic mass is 10.2. The van der Waals surface area contributed by atoms with Crippen molar-refractivity contribution >= 4 is 21.6 Å². The van der Waals surface area contributed by atoms with Crippen molar-refractivity contribution in [3.8, 4) is 0 Å². The maximum atomic E-state index is 12.2. The molecule has 0 aliphatic carbocycles. The monoisotopic (exact) mass is 335 g/mol. The summed E-state index contributed by atoms with van der Waals surface area (Å²) in [5.41, 5.74) is 0.919. The van der Waals surface area contributed by atoms with Crippen LogP contribution in [0.4, 0.5) is 5.69 Å². The van der Waals surface area contributed by atoms with E-state index in [4.69, 9.17) is 0 Å². The first-order valence-electron chi connectivity index (χ1n) is 7.24. The summed E-state index contributed by atoms with van der Waals surface area (Å²) in [6.45, 7) is 1.56. The number of aromatic nitrogens is 3. The molecule has 0 atom stereocenters. The van der Waals surface area contributed by atoms with Gasteiger partial charge in [-0.25, -0.2) is 0 Å². The summed E-state index contributed by atoms with van der Waals surface area (Å²) in [6.07, 6.45) is 3.37. The first-order valence-corrected chi connectivity index (χ1v) is 8.72. The van der Waals surface area contributed by atoms with Gasteiger partial charge in [0.15, 0.2) is 0 Å². The van der Waals surface area contributed by atoms with Gasteiger partial charge in [-0.3, -0.25) is 14.2 Å². The van der Waals surface area contributed by atoms with Crippen molar-refractivity contribution in [2.24, 2.45) is 7.05 Å². The highest BCUT2D eigenvalue weighted by Crippen LogP contribution is 2.17. The minimum absolute atomic E-state index is 0.0224. The van der Waals surface area contributed by atoms with E-state index in [9.17, 15) is 13.2 Å². The molecule has 3 rings (SSSR count). The summed E-state index contributed by atoms with van der Waals surface area (Å²) in [4.78, 5) is 14.0. The predicted octanol–water partition coefficient (Wildman–Crippen LogP) is 0.852. The number of hydrogen-bond donors (Lipinski definition) is 1. The number of hydrogen-bond acceptors (Lipinski definition) is 5. The molecular weight excluding hydrogens is 318 g/mol. The van der Waals surface area contributed by atoms with Crippen molar-refractivity contribution in [1.29, 1.82) is 0 Å². The minimum Gasteiger partial charge on any atom is -0.339 e. The van der Waals surface area contributed by atoms with Crippen LogP contribution in [-0.2, 0) is 17.1 Å². The second kappa shape index (κ2) is 5.99. The number of amides is 1. The molecule has 9 heteroatoms. The molecule has 1 N–H and O–H groups in total. The van der Waals surface area contributed by atoms with E-state index in [1.54, 1.807) is 36.2 Å². The van der Waals surface area contributed by atoms with Crippen LogP contribution >= 0.6 is 0 Å². The van der Waals surface area contributed by atoms with E-state index in [-0.39, 0.29) is 10.9 Å². The lowest BCUT2D eigenvalue weighted by Gasteiger charge is -2.15. The second-order valence-electron chi connectivity index (χ2n) is 5.41. The molecular formula is C14H17N5O3S. The number of sulfonamides is 1. The second-order valence-corrected chi connectivity index (χ2v) is 7.04. The normalized spacial score (nSPS) is 14.9. The highest BCUT2D eigenvalue weighted by molar-refractivity contribution is 7.92. The Morgan fingerprint density at radius 3 is 2.39 bits per heavy atom. The van der Waals surface area contributed by atoms with E-state index >= 15 is 0 Å². The van der Waals surface area contributed by atoms with Crippen LogP contribution in [0, 0.1) is 0 Å². The average Bonchev–Trinajstić information content (AvgIpc) is 3.18. The molecule has 122 valence electrons. The molecule has 1 aliphatic heterocycles. The van der Waals surface area contributed by atoms with Gasteiger partial charge in [-0.15, -0.1) is 5.10 Å². The van der Waals surface area contributed by atoms with Crippen LogP contribution in [0.15, 0.2) is 35.5 Å². The largest absolute Gasteiger partial charge is 0.339 e. The molecule has 0 bridgehead atoms. The Morgan fingerprint density at radius 1 is 1.17 bits per heavy atom. The third kappa shape index (κ3) is 3.34. The number of nitrogens with one attached hydrogen (secondary N) is 1. The van der Waals surface area contributed by atoms with Crippen LogP contribution in [0.1, 0.15) is 23.2 Å². The fraction of sp³-hybridized carbons (Fsp3) is 0.357. The van der Waals surface area contributed by atoms with Crippen molar-refractivity contribution < 1.29 is 13.2 Å². The number of rotatable bonds is 4. The molecule has 1 amide bonds. The SMILES string of the molecule is Cn1cc(S(=O)(=O)Nc2ccc(C(=O)N3CCCC3)cc2)nn1. The summed E-state index contributed by atoms with van der Waals surface area (Å²) in [6, 6.07) is 6.37. The third-order valence-corrected chi connectivity index (χ3v) is 4.88. The maximum Gasteiger partial charge on any atom is 0.282 e. The van der Waals surface area contributed by atoms with Gasteiger partial charge in [0.2, 0.25) is 5.03 Å². The molecule has 2 heterocycles. The molecule has 1 aliphatic rings. The zero-order valence-corrected chi connectivity index (χ0v) is 13.5. The molecule has 1 saturated heterocycles. The molecule has 0 spiro atoms. The van der Waals surface area contributed by atoms with E-state index in [0.717, 1.165) is 25.9 Å². The quantitative estimate of drug-likeness (QED) is 0.893. The van der Waals surface area contributed by atoms with Gasteiger partial charge in [-0.05, 0) is 37.1 Å². The molecule has 8 nitrogen and oxygen atoms in total. The van der Waals surface area contributed by atoms with E-state index in [1.807, 2.05) is 0 Å². The first-order chi connectivity index (χ1) is 11.0. The smallest absolute Gasteiger partial charge is 0.282 e. The van der Waals surface area contributed by atoms with E-state index in [2.05, 4.69) is 15.0 Å². The highest BCUT2D eigenvalue weighted by Gasteiger charge is 2.21. The Balaban J connectivity index is 1.73. The van der Waals surface area contributed by atoms with E-state index in [1.165, 1.54) is 10.9 Å².